The number of anilines is 2. The smallest absolute Gasteiger partial charge is 0.340 e. The van der Waals surface area contributed by atoms with Gasteiger partial charge in [-0.1, -0.05) is 26.8 Å². The number of nitrogens with one attached hydrogen (secondary N) is 1. The molecule has 0 aliphatic heterocycles. The summed E-state index contributed by atoms with van der Waals surface area (Å²) in [4.78, 5) is 13.6. The molecular weight excluding hydrogens is 401 g/mol. The molecule has 4 nitrogen and oxygen atoms in total. The van der Waals surface area contributed by atoms with Crippen molar-refractivity contribution in [2.75, 3.05) is 5.32 Å². The summed E-state index contributed by atoms with van der Waals surface area (Å²) in [5, 5.41) is 3.16. The van der Waals surface area contributed by atoms with Crippen molar-refractivity contribution in [2.45, 2.75) is 46.2 Å². The molecule has 0 bridgehead atoms. The molecule has 4 rings (SSSR count). The Morgan fingerprint density at radius 2 is 1.74 bits per heavy atom. The lowest BCUT2D eigenvalue weighted by Crippen LogP contribution is -2.28. The number of aryl methyl sites for hydroxylation is 1. The number of pyridine rings is 1. The minimum absolute atomic E-state index is 0.120. The minimum Gasteiger partial charge on any atom is -0.340 e. The molecule has 0 saturated carbocycles. The number of hydrogen-bond acceptors (Lipinski definition) is 4. The van der Waals surface area contributed by atoms with Gasteiger partial charge in [0.1, 0.15) is 5.82 Å². The average Bonchev–Trinajstić information content (AvgIpc) is 2.73. The fourth-order valence-corrected chi connectivity index (χ4v) is 3.99. The van der Waals surface area contributed by atoms with Crippen molar-refractivity contribution >= 4 is 11.5 Å². The molecule has 0 amide bonds. The van der Waals surface area contributed by atoms with Crippen molar-refractivity contribution < 1.29 is 13.2 Å². The maximum Gasteiger partial charge on any atom is 0.416 e. The summed E-state index contributed by atoms with van der Waals surface area (Å²) < 4.78 is 39.6. The molecule has 1 aliphatic rings. The summed E-state index contributed by atoms with van der Waals surface area (Å²) in [6.07, 6.45) is 1.57. The van der Waals surface area contributed by atoms with Crippen LogP contribution < -0.4 is 5.32 Å². The minimum atomic E-state index is -4.40. The molecule has 31 heavy (non-hydrogen) atoms. The van der Waals surface area contributed by atoms with Crippen molar-refractivity contribution in [1.82, 2.24) is 15.0 Å². The third-order valence-corrected chi connectivity index (χ3v) is 5.89. The van der Waals surface area contributed by atoms with Gasteiger partial charge in [-0.3, -0.25) is 4.98 Å². The predicted octanol–water partition coefficient (Wildman–Crippen LogP) is 6.45. The van der Waals surface area contributed by atoms with Gasteiger partial charge in [-0.2, -0.15) is 13.2 Å². The molecule has 0 fully saturated rings. The highest BCUT2D eigenvalue weighted by molar-refractivity contribution is 5.65. The monoisotopic (exact) mass is 426 g/mol. The molecule has 0 radical (unpaired) electrons. The highest BCUT2D eigenvalue weighted by Gasteiger charge is 2.33. The van der Waals surface area contributed by atoms with Crippen molar-refractivity contribution in [3.8, 4) is 11.4 Å². The SMILES string of the molecule is CC(C)(C)[C@@H]1CCc2nc(-c3ccncc3)nc(Nc3cccc(C(F)(F)F)c3)c2C1. The number of fused-ring (bicyclic) bond motifs is 1. The number of benzene rings is 1. The Labute approximate surface area is 180 Å². The Hall–Kier alpha value is -2.96. The number of nitrogens with zero attached hydrogens (tertiary/aromatic N) is 3. The number of alkyl halides is 3. The van der Waals surface area contributed by atoms with E-state index in [1.54, 1.807) is 18.5 Å². The third kappa shape index (κ3) is 4.70. The predicted molar refractivity (Wildman–Crippen MR) is 115 cm³/mol. The van der Waals surface area contributed by atoms with Crippen LogP contribution in [0.4, 0.5) is 24.7 Å². The summed E-state index contributed by atoms with van der Waals surface area (Å²) >= 11 is 0. The molecular formula is C24H25F3N4. The molecule has 3 aromatic rings. The Morgan fingerprint density at radius 1 is 1.00 bits per heavy atom. The summed E-state index contributed by atoms with van der Waals surface area (Å²) in [5.74, 6) is 1.56. The molecule has 162 valence electrons. The van der Waals surface area contributed by atoms with E-state index < -0.39 is 11.7 Å². The zero-order valence-corrected chi connectivity index (χ0v) is 17.8. The lowest BCUT2D eigenvalue weighted by Gasteiger charge is -2.35. The van der Waals surface area contributed by atoms with E-state index in [2.05, 4.69) is 31.1 Å². The Kier molecular flexibility index (Phi) is 5.45. The van der Waals surface area contributed by atoms with Crippen LogP contribution in [0.1, 0.15) is 44.0 Å². The molecule has 1 N–H and O–H groups in total. The van der Waals surface area contributed by atoms with Gasteiger partial charge in [0, 0.05) is 34.9 Å². The maximum absolute atomic E-state index is 13.2. The molecule has 2 aromatic heterocycles. The number of hydrogen-bond donors (Lipinski definition) is 1. The first-order valence-electron chi connectivity index (χ1n) is 10.4. The number of aromatic nitrogens is 3. The largest absolute Gasteiger partial charge is 0.416 e. The highest BCUT2D eigenvalue weighted by Crippen LogP contribution is 2.40. The fraction of sp³-hybridized carbons (Fsp3) is 0.375. The van der Waals surface area contributed by atoms with Gasteiger partial charge in [-0.25, -0.2) is 9.97 Å². The molecule has 1 aromatic carbocycles. The topological polar surface area (TPSA) is 50.7 Å². The fourth-order valence-electron chi connectivity index (χ4n) is 3.99. The van der Waals surface area contributed by atoms with Gasteiger partial charge in [0.25, 0.3) is 0 Å². The van der Waals surface area contributed by atoms with E-state index in [1.165, 1.54) is 6.07 Å². The molecule has 2 heterocycles. The van der Waals surface area contributed by atoms with Crippen LogP contribution in [0.2, 0.25) is 0 Å². The molecule has 0 saturated heterocycles. The van der Waals surface area contributed by atoms with Crippen LogP contribution in [0.15, 0.2) is 48.8 Å². The Morgan fingerprint density at radius 3 is 2.42 bits per heavy atom. The van der Waals surface area contributed by atoms with E-state index in [0.29, 0.717) is 23.2 Å². The van der Waals surface area contributed by atoms with E-state index in [9.17, 15) is 13.2 Å². The maximum atomic E-state index is 13.2. The first-order chi connectivity index (χ1) is 14.6. The van der Waals surface area contributed by atoms with E-state index in [1.807, 2.05) is 12.1 Å². The van der Waals surface area contributed by atoms with Crippen molar-refractivity contribution in [1.29, 1.82) is 0 Å². The van der Waals surface area contributed by atoms with Gasteiger partial charge in [-0.05, 0) is 60.9 Å². The van der Waals surface area contributed by atoms with Crippen LogP contribution in [0.3, 0.4) is 0 Å². The number of halogens is 3. The lowest BCUT2D eigenvalue weighted by atomic mass is 9.71. The van der Waals surface area contributed by atoms with Crippen LogP contribution in [0.5, 0.6) is 0 Å². The second kappa shape index (κ2) is 7.94. The van der Waals surface area contributed by atoms with Crippen LogP contribution in [-0.2, 0) is 19.0 Å². The molecule has 1 aliphatic carbocycles. The van der Waals surface area contributed by atoms with Crippen LogP contribution in [-0.4, -0.2) is 15.0 Å². The quantitative estimate of drug-likeness (QED) is 0.523. The van der Waals surface area contributed by atoms with Crippen molar-refractivity contribution in [2.24, 2.45) is 11.3 Å². The standard InChI is InChI=1S/C24H25F3N4/c1-23(2,3)16-7-8-20-19(14-16)22(31-21(30-20)15-9-11-28-12-10-15)29-18-6-4-5-17(13-18)24(25,26)27/h4-6,9-13,16H,7-8,14H2,1-3H3,(H,29,30,31)/t16-/m1/s1. The lowest BCUT2D eigenvalue weighted by molar-refractivity contribution is -0.137. The summed E-state index contributed by atoms with van der Waals surface area (Å²) in [6, 6.07) is 8.87. The summed E-state index contributed by atoms with van der Waals surface area (Å²) in [7, 11) is 0. The van der Waals surface area contributed by atoms with Gasteiger partial charge in [0.05, 0.1) is 5.56 Å². The third-order valence-electron chi connectivity index (χ3n) is 5.89. The zero-order chi connectivity index (χ0) is 22.2. The normalized spacial score (nSPS) is 16.6. The van der Waals surface area contributed by atoms with Gasteiger partial charge in [-0.15, -0.1) is 0 Å². The van der Waals surface area contributed by atoms with E-state index in [-0.39, 0.29) is 5.41 Å². The van der Waals surface area contributed by atoms with Crippen molar-refractivity contribution in [3.05, 3.63) is 65.6 Å². The Balaban J connectivity index is 1.78. The van der Waals surface area contributed by atoms with Gasteiger partial charge in [0.15, 0.2) is 5.82 Å². The summed E-state index contributed by atoms with van der Waals surface area (Å²) in [6.45, 7) is 6.65. The van der Waals surface area contributed by atoms with Crippen LogP contribution in [0.25, 0.3) is 11.4 Å². The highest BCUT2D eigenvalue weighted by atomic mass is 19.4. The molecule has 1 atom stereocenters. The Bertz CT molecular complexity index is 1070. The van der Waals surface area contributed by atoms with Crippen LogP contribution in [0, 0.1) is 11.3 Å². The second-order valence-electron chi connectivity index (χ2n) is 9.07. The molecule has 0 unspecified atom stereocenters. The van der Waals surface area contributed by atoms with E-state index in [4.69, 9.17) is 9.97 Å². The molecule has 7 heteroatoms. The molecule has 0 spiro atoms. The van der Waals surface area contributed by atoms with Gasteiger partial charge in [0.2, 0.25) is 0 Å². The average molecular weight is 426 g/mol. The number of rotatable bonds is 3. The summed E-state index contributed by atoms with van der Waals surface area (Å²) in [5.41, 5.74) is 2.55. The zero-order valence-electron chi connectivity index (χ0n) is 17.8. The first kappa shape index (κ1) is 21.3. The van der Waals surface area contributed by atoms with Crippen molar-refractivity contribution in [3.63, 3.8) is 0 Å². The first-order valence-corrected chi connectivity index (χ1v) is 10.4. The van der Waals surface area contributed by atoms with Gasteiger partial charge >= 0.3 is 6.18 Å². The van der Waals surface area contributed by atoms with E-state index >= 15 is 0 Å². The van der Waals surface area contributed by atoms with Gasteiger partial charge < -0.3 is 5.32 Å². The second-order valence-corrected chi connectivity index (χ2v) is 9.07. The van der Waals surface area contributed by atoms with E-state index in [0.717, 1.165) is 48.2 Å². The van der Waals surface area contributed by atoms with Crippen LogP contribution >= 0.6 is 0 Å².